The molecule has 0 saturated carbocycles. The van der Waals surface area contributed by atoms with Gasteiger partial charge in [-0.25, -0.2) is 9.37 Å². The van der Waals surface area contributed by atoms with E-state index in [4.69, 9.17) is 5.73 Å². The standard InChI is InChI=1S/C14H15BrFN3/c1-3-7-19-12(4-2)18-13(14(19)17)9-5-6-11(16)10(15)8-9/h3,5-6,8H,1,4,7,17H2,2H3. The van der Waals surface area contributed by atoms with Gasteiger partial charge in [0, 0.05) is 18.5 Å². The van der Waals surface area contributed by atoms with Crippen molar-refractivity contribution in [3.05, 3.63) is 47.0 Å². The maximum absolute atomic E-state index is 13.3. The third kappa shape index (κ3) is 2.56. The number of hydrogen-bond acceptors (Lipinski definition) is 2. The van der Waals surface area contributed by atoms with E-state index in [1.165, 1.54) is 6.07 Å². The van der Waals surface area contributed by atoms with Crippen molar-refractivity contribution in [2.45, 2.75) is 19.9 Å². The van der Waals surface area contributed by atoms with Crippen LogP contribution in [-0.2, 0) is 13.0 Å². The topological polar surface area (TPSA) is 43.8 Å². The molecule has 100 valence electrons. The molecule has 0 fully saturated rings. The number of aromatic nitrogens is 2. The molecule has 0 atom stereocenters. The number of allylic oxidation sites excluding steroid dienone is 1. The second-order valence-corrected chi connectivity index (χ2v) is 5.00. The highest BCUT2D eigenvalue weighted by atomic mass is 79.9. The lowest BCUT2D eigenvalue weighted by molar-refractivity contribution is 0.621. The zero-order valence-electron chi connectivity index (χ0n) is 10.7. The van der Waals surface area contributed by atoms with Gasteiger partial charge in [-0.3, -0.25) is 0 Å². The fourth-order valence-corrected chi connectivity index (χ4v) is 2.35. The molecule has 0 saturated heterocycles. The number of anilines is 1. The Hall–Kier alpha value is -1.62. The highest BCUT2D eigenvalue weighted by Crippen LogP contribution is 2.29. The number of nitrogens with two attached hydrogens (primary N) is 1. The molecule has 3 nitrogen and oxygen atoms in total. The zero-order chi connectivity index (χ0) is 14.0. The summed E-state index contributed by atoms with van der Waals surface area (Å²) in [7, 11) is 0. The lowest BCUT2D eigenvalue weighted by Gasteiger charge is -2.05. The third-order valence-electron chi connectivity index (χ3n) is 2.91. The number of benzene rings is 1. The van der Waals surface area contributed by atoms with Crippen molar-refractivity contribution in [3.63, 3.8) is 0 Å². The molecule has 19 heavy (non-hydrogen) atoms. The summed E-state index contributed by atoms with van der Waals surface area (Å²) in [6.45, 7) is 6.35. The van der Waals surface area contributed by atoms with Gasteiger partial charge in [0.15, 0.2) is 0 Å². The molecule has 0 unspecified atom stereocenters. The average molecular weight is 324 g/mol. The summed E-state index contributed by atoms with van der Waals surface area (Å²) in [5.74, 6) is 1.17. The quantitative estimate of drug-likeness (QED) is 0.870. The molecule has 0 bridgehead atoms. The van der Waals surface area contributed by atoms with E-state index in [0.717, 1.165) is 17.8 Å². The van der Waals surface area contributed by atoms with Gasteiger partial charge in [-0.1, -0.05) is 13.0 Å². The van der Waals surface area contributed by atoms with Gasteiger partial charge >= 0.3 is 0 Å². The Morgan fingerprint density at radius 1 is 1.53 bits per heavy atom. The van der Waals surface area contributed by atoms with Crippen LogP contribution in [0.4, 0.5) is 10.2 Å². The molecule has 1 aromatic heterocycles. The second-order valence-electron chi connectivity index (χ2n) is 4.14. The maximum atomic E-state index is 13.3. The minimum atomic E-state index is -0.302. The number of nitrogen functional groups attached to an aromatic ring is 1. The molecule has 0 aliphatic heterocycles. The van der Waals surface area contributed by atoms with Crippen LogP contribution in [0.3, 0.4) is 0 Å². The smallest absolute Gasteiger partial charge is 0.137 e. The Morgan fingerprint density at radius 3 is 2.84 bits per heavy atom. The van der Waals surface area contributed by atoms with Crippen LogP contribution in [0.1, 0.15) is 12.7 Å². The van der Waals surface area contributed by atoms with Crippen molar-refractivity contribution in [1.82, 2.24) is 9.55 Å². The molecule has 1 aromatic carbocycles. The number of nitrogens with zero attached hydrogens (tertiary/aromatic N) is 2. The first kappa shape index (κ1) is 13.8. The molecule has 0 radical (unpaired) electrons. The lowest BCUT2D eigenvalue weighted by atomic mass is 10.1. The minimum Gasteiger partial charge on any atom is -0.383 e. The van der Waals surface area contributed by atoms with Crippen molar-refractivity contribution >= 4 is 21.7 Å². The van der Waals surface area contributed by atoms with Crippen molar-refractivity contribution in [1.29, 1.82) is 0 Å². The normalized spacial score (nSPS) is 10.7. The number of imidazole rings is 1. The van der Waals surface area contributed by atoms with Gasteiger partial charge in [0.1, 0.15) is 23.2 Å². The van der Waals surface area contributed by atoms with Crippen LogP contribution >= 0.6 is 15.9 Å². The molecular weight excluding hydrogens is 309 g/mol. The third-order valence-corrected chi connectivity index (χ3v) is 3.51. The Morgan fingerprint density at radius 2 is 2.26 bits per heavy atom. The zero-order valence-corrected chi connectivity index (χ0v) is 12.2. The molecule has 0 aliphatic carbocycles. The molecule has 2 N–H and O–H groups in total. The summed E-state index contributed by atoms with van der Waals surface area (Å²) in [5, 5.41) is 0. The fraction of sp³-hybridized carbons (Fsp3) is 0.214. The van der Waals surface area contributed by atoms with E-state index < -0.39 is 0 Å². The lowest BCUT2D eigenvalue weighted by Crippen LogP contribution is -2.05. The maximum Gasteiger partial charge on any atom is 0.137 e. The van der Waals surface area contributed by atoms with Crippen LogP contribution in [-0.4, -0.2) is 9.55 Å². The highest BCUT2D eigenvalue weighted by Gasteiger charge is 2.15. The van der Waals surface area contributed by atoms with Crippen LogP contribution in [0, 0.1) is 5.82 Å². The summed E-state index contributed by atoms with van der Waals surface area (Å²) in [6, 6.07) is 4.76. The van der Waals surface area contributed by atoms with Crippen molar-refractivity contribution < 1.29 is 4.39 Å². The van der Waals surface area contributed by atoms with E-state index >= 15 is 0 Å². The van der Waals surface area contributed by atoms with Gasteiger partial charge in [-0.15, -0.1) is 6.58 Å². The van der Waals surface area contributed by atoms with Crippen molar-refractivity contribution in [3.8, 4) is 11.3 Å². The predicted molar refractivity (Wildman–Crippen MR) is 79.3 cm³/mol. The number of hydrogen-bond donors (Lipinski definition) is 1. The first-order chi connectivity index (χ1) is 9.08. The van der Waals surface area contributed by atoms with Gasteiger partial charge in [0.2, 0.25) is 0 Å². The van der Waals surface area contributed by atoms with Crippen molar-refractivity contribution in [2.24, 2.45) is 0 Å². The van der Waals surface area contributed by atoms with Gasteiger partial charge in [-0.2, -0.15) is 0 Å². The largest absolute Gasteiger partial charge is 0.383 e. The van der Waals surface area contributed by atoms with Gasteiger partial charge < -0.3 is 10.3 Å². The Labute approximate surface area is 120 Å². The molecule has 2 rings (SSSR count). The van der Waals surface area contributed by atoms with Crippen LogP contribution in [0.5, 0.6) is 0 Å². The van der Waals surface area contributed by atoms with Gasteiger partial charge in [0.25, 0.3) is 0 Å². The van der Waals surface area contributed by atoms with Crippen molar-refractivity contribution in [2.75, 3.05) is 5.73 Å². The van der Waals surface area contributed by atoms with Crippen LogP contribution in [0.2, 0.25) is 0 Å². The van der Waals surface area contributed by atoms with Gasteiger partial charge in [-0.05, 0) is 34.1 Å². The van der Waals surface area contributed by atoms with E-state index in [9.17, 15) is 4.39 Å². The first-order valence-electron chi connectivity index (χ1n) is 5.99. The monoisotopic (exact) mass is 323 g/mol. The van der Waals surface area contributed by atoms with Gasteiger partial charge in [0.05, 0.1) is 4.47 Å². The Bertz CT molecular complexity index is 619. The Balaban J connectivity index is 2.55. The van der Waals surface area contributed by atoms with E-state index in [2.05, 4.69) is 27.5 Å². The number of rotatable bonds is 4. The van der Waals surface area contributed by atoms with Crippen LogP contribution in [0.15, 0.2) is 35.3 Å². The number of halogens is 2. The Kier molecular flexibility index (Phi) is 4.04. The van der Waals surface area contributed by atoms with E-state index in [1.807, 2.05) is 11.5 Å². The second kappa shape index (κ2) is 5.57. The summed E-state index contributed by atoms with van der Waals surface area (Å²) in [5.41, 5.74) is 7.60. The summed E-state index contributed by atoms with van der Waals surface area (Å²) in [4.78, 5) is 4.53. The molecule has 0 aliphatic rings. The molecular formula is C14H15BrFN3. The summed E-state index contributed by atoms with van der Waals surface area (Å²) >= 11 is 3.17. The van der Waals surface area contributed by atoms with E-state index in [0.29, 0.717) is 22.5 Å². The molecule has 5 heteroatoms. The average Bonchev–Trinajstić information content (AvgIpc) is 2.71. The highest BCUT2D eigenvalue weighted by molar-refractivity contribution is 9.10. The molecule has 0 spiro atoms. The minimum absolute atomic E-state index is 0.302. The van der Waals surface area contributed by atoms with E-state index in [-0.39, 0.29) is 5.82 Å². The summed E-state index contributed by atoms with van der Waals surface area (Å²) in [6.07, 6.45) is 2.56. The molecule has 0 amide bonds. The van der Waals surface area contributed by atoms with E-state index in [1.54, 1.807) is 18.2 Å². The van der Waals surface area contributed by atoms with Crippen LogP contribution < -0.4 is 5.73 Å². The molecule has 1 heterocycles. The first-order valence-corrected chi connectivity index (χ1v) is 6.79. The van der Waals surface area contributed by atoms with Crippen LogP contribution in [0.25, 0.3) is 11.3 Å². The fourth-order valence-electron chi connectivity index (χ4n) is 1.97. The SMILES string of the molecule is C=CCn1c(CC)nc(-c2ccc(F)c(Br)c2)c1N. The molecule has 2 aromatic rings. The summed E-state index contributed by atoms with van der Waals surface area (Å²) < 4.78 is 15.6. The predicted octanol–water partition coefficient (Wildman–Crippen LogP) is 3.78. The number of aryl methyl sites for hydroxylation is 1.